The number of amides is 2. The van der Waals surface area contributed by atoms with E-state index in [1.807, 2.05) is 104 Å². The number of nitrogens with zero attached hydrogens (tertiary/aromatic N) is 2. The van der Waals surface area contributed by atoms with E-state index in [1.165, 1.54) is 6.92 Å². The quantitative estimate of drug-likeness (QED) is 0.264. The molecule has 256 valence electrons. The second-order valence-electron chi connectivity index (χ2n) is 12.7. The van der Waals surface area contributed by atoms with Gasteiger partial charge in [0.25, 0.3) is 0 Å². The summed E-state index contributed by atoms with van der Waals surface area (Å²) in [5.41, 5.74) is 1.85. The smallest absolute Gasteiger partial charge is 0.302 e. The third-order valence-electron chi connectivity index (χ3n) is 7.79. The summed E-state index contributed by atoms with van der Waals surface area (Å²) in [5.74, 6) is 3.01. The fraction of sp³-hybridized carbons (Fsp3) is 0.583. The minimum atomic E-state index is -0.393. The summed E-state index contributed by atoms with van der Waals surface area (Å²) in [6.45, 7) is 17.9. The molecule has 0 N–H and O–H groups in total. The predicted octanol–water partition coefficient (Wildman–Crippen LogP) is 6.27. The highest BCUT2D eigenvalue weighted by Crippen LogP contribution is 2.34. The Labute approximate surface area is 275 Å². The lowest BCUT2D eigenvalue weighted by molar-refractivity contribution is -0.146. The van der Waals surface area contributed by atoms with Crippen molar-refractivity contribution in [2.24, 2.45) is 11.3 Å². The van der Waals surface area contributed by atoms with Gasteiger partial charge in [-0.15, -0.1) is 0 Å². The second kappa shape index (κ2) is 17.7. The van der Waals surface area contributed by atoms with Crippen LogP contribution in [-0.4, -0.2) is 74.0 Å². The van der Waals surface area contributed by atoms with Crippen LogP contribution >= 0.6 is 0 Å². The van der Waals surface area contributed by atoms with Crippen molar-refractivity contribution in [3.8, 4) is 23.0 Å². The SMILES string of the molecule is CC.CC(=O)OCC(C)(C)CC(=O)N(C)C(C)Cc1ccc2c(c1)OCO2.CC(C)C(=O)N(C)C(C)Cc1ccc2c(c1)OCO2. The first-order valence-corrected chi connectivity index (χ1v) is 16.1. The molecule has 2 heterocycles. The minimum absolute atomic E-state index is 0.0317. The van der Waals surface area contributed by atoms with E-state index in [0.29, 0.717) is 13.2 Å². The van der Waals surface area contributed by atoms with Gasteiger partial charge in [-0.2, -0.15) is 0 Å². The summed E-state index contributed by atoms with van der Waals surface area (Å²) in [4.78, 5) is 39.0. The molecule has 2 unspecified atom stereocenters. The Morgan fingerprint density at radius 3 is 1.63 bits per heavy atom. The molecule has 0 aliphatic carbocycles. The topological polar surface area (TPSA) is 104 Å². The lowest BCUT2D eigenvalue weighted by atomic mass is 9.89. The number of esters is 1. The van der Waals surface area contributed by atoms with Crippen LogP contribution < -0.4 is 18.9 Å². The molecule has 2 aliphatic rings. The summed E-state index contributed by atoms with van der Waals surface area (Å²) in [5, 5.41) is 0. The number of rotatable bonds is 11. The summed E-state index contributed by atoms with van der Waals surface area (Å²) in [7, 11) is 3.67. The van der Waals surface area contributed by atoms with Gasteiger partial charge in [0.15, 0.2) is 23.0 Å². The normalized spacial score (nSPS) is 13.8. The molecule has 0 spiro atoms. The van der Waals surface area contributed by atoms with Gasteiger partial charge < -0.3 is 33.5 Å². The van der Waals surface area contributed by atoms with Crippen LogP contribution in [-0.2, 0) is 32.0 Å². The van der Waals surface area contributed by atoms with Crippen molar-refractivity contribution in [2.75, 3.05) is 34.3 Å². The Morgan fingerprint density at radius 2 is 1.20 bits per heavy atom. The van der Waals surface area contributed by atoms with Gasteiger partial charge in [0.05, 0.1) is 6.61 Å². The predicted molar refractivity (Wildman–Crippen MR) is 178 cm³/mol. The fourth-order valence-corrected chi connectivity index (χ4v) is 4.84. The molecule has 0 fully saturated rings. The minimum Gasteiger partial charge on any atom is -0.465 e. The van der Waals surface area contributed by atoms with Crippen LogP contribution in [0.1, 0.15) is 79.9 Å². The van der Waals surface area contributed by atoms with Gasteiger partial charge in [-0.3, -0.25) is 14.4 Å². The van der Waals surface area contributed by atoms with Crippen LogP contribution in [0.3, 0.4) is 0 Å². The molecule has 2 amide bonds. The first kappa shape index (κ1) is 38.2. The zero-order chi connectivity index (χ0) is 34.6. The molecular weight excluding hydrogens is 588 g/mol. The highest BCUT2D eigenvalue weighted by molar-refractivity contribution is 5.78. The Hall–Kier alpha value is -3.95. The van der Waals surface area contributed by atoms with Gasteiger partial charge in [-0.05, 0) is 62.1 Å². The van der Waals surface area contributed by atoms with Gasteiger partial charge in [0.2, 0.25) is 25.4 Å². The first-order valence-electron chi connectivity index (χ1n) is 16.1. The number of fused-ring (bicyclic) bond motifs is 2. The molecule has 0 saturated heterocycles. The first-order chi connectivity index (χ1) is 21.7. The molecule has 2 aliphatic heterocycles. The number of hydrogen-bond acceptors (Lipinski definition) is 8. The maximum absolute atomic E-state index is 12.6. The summed E-state index contributed by atoms with van der Waals surface area (Å²) < 4.78 is 26.4. The van der Waals surface area contributed by atoms with Gasteiger partial charge in [-0.1, -0.05) is 53.7 Å². The van der Waals surface area contributed by atoms with E-state index >= 15 is 0 Å². The third-order valence-corrected chi connectivity index (χ3v) is 7.79. The van der Waals surface area contributed by atoms with Crippen molar-refractivity contribution in [1.29, 1.82) is 0 Å². The van der Waals surface area contributed by atoms with Gasteiger partial charge in [0, 0.05) is 50.9 Å². The Kier molecular flexibility index (Phi) is 14.7. The summed E-state index contributed by atoms with van der Waals surface area (Å²) in [6.07, 6.45) is 1.86. The highest BCUT2D eigenvalue weighted by atomic mass is 16.7. The maximum atomic E-state index is 12.6. The molecule has 4 rings (SSSR count). The van der Waals surface area contributed by atoms with E-state index in [4.69, 9.17) is 23.7 Å². The summed E-state index contributed by atoms with van der Waals surface area (Å²) in [6, 6.07) is 12.0. The van der Waals surface area contributed by atoms with Crippen molar-refractivity contribution in [3.05, 3.63) is 47.5 Å². The number of likely N-dealkylation sites (N-methyl/N-ethyl adjacent to an activating group) is 2. The molecule has 46 heavy (non-hydrogen) atoms. The standard InChI is InChI=1S/C19H27NO5.C15H21NO3.C2H6/c1-13(8-15-6-7-16-17(9-15)25-12-24-16)20(5)18(22)10-19(3,4)11-23-14(2)21;1-10(2)15(17)16(4)11(3)7-12-5-6-13-14(8-12)19-9-18-13;1-2/h6-7,9,13H,8,10-12H2,1-5H3;5-6,8,10-11H,7,9H2,1-4H3;1-2H3. The van der Waals surface area contributed by atoms with E-state index in [-0.39, 0.29) is 49.2 Å². The zero-order valence-electron chi connectivity index (χ0n) is 29.6. The Bertz CT molecular complexity index is 1310. The second-order valence-corrected chi connectivity index (χ2v) is 12.7. The fourth-order valence-electron chi connectivity index (χ4n) is 4.84. The average molecular weight is 643 g/mol. The van der Waals surface area contributed by atoms with Crippen LogP contribution in [0.15, 0.2) is 36.4 Å². The lowest BCUT2D eigenvalue weighted by Crippen LogP contribution is -2.39. The maximum Gasteiger partial charge on any atom is 0.302 e. The van der Waals surface area contributed by atoms with E-state index in [9.17, 15) is 14.4 Å². The largest absolute Gasteiger partial charge is 0.465 e. The van der Waals surface area contributed by atoms with Gasteiger partial charge >= 0.3 is 5.97 Å². The molecule has 2 atom stereocenters. The van der Waals surface area contributed by atoms with E-state index in [0.717, 1.165) is 47.0 Å². The van der Waals surface area contributed by atoms with Crippen LogP contribution in [0.5, 0.6) is 23.0 Å². The number of ether oxygens (including phenoxy) is 5. The highest BCUT2D eigenvalue weighted by Gasteiger charge is 2.27. The molecule has 0 aromatic heterocycles. The van der Waals surface area contributed by atoms with Crippen molar-refractivity contribution in [3.63, 3.8) is 0 Å². The van der Waals surface area contributed by atoms with Crippen LogP contribution in [0.2, 0.25) is 0 Å². The average Bonchev–Trinajstić information content (AvgIpc) is 3.69. The molecule has 0 saturated carbocycles. The summed E-state index contributed by atoms with van der Waals surface area (Å²) >= 11 is 0. The Balaban J connectivity index is 0.000000314. The molecular formula is C36H54N2O8. The van der Waals surface area contributed by atoms with E-state index in [2.05, 4.69) is 6.92 Å². The van der Waals surface area contributed by atoms with Crippen molar-refractivity contribution in [1.82, 2.24) is 9.80 Å². The molecule has 10 nitrogen and oxygen atoms in total. The van der Waals surface area contributed by atoms with Crippen molar-refractivity contribution >= 4 is 17.8 Å². The molecule has 10 heteroatoms. The number of benzene rings is 2. The van der Waals surface area contributed by atoms with Crippen molar-refractivity contribution in [2.45, 2.75) is 93.7 Å². The van der Waals surface area contributed by atoms with Crippen LogP contribution in [0.25, 0.3) is 0 Å². The van der Waals surface area contributed by atoms with Crippen LogP contribution in [0.4, 0.5) is 0 Å². The van der Waals surface area contributed by atoms with E-state index < -0.39 is 5.41 Å². The zero-order valence-corrected chi connectivity index (χ0v) is 29.6. The number of carbonyl (C=O) groups is 3. The third kappa shape index (κ3) is 11.4. The van der Waals surface area contributed by atoms with E-state index in [1.54, 1.807) is 4.90 Å². The van der Waals surface area contributed by atoms with Gasteiger partial charge in [-0.25, -0.2) is 0 Å². The number of carbonyl (C=O) groups excluding carboxylic acids is 3. The molecule has 0 radical (unpaired) electrons. The van der Waals surface area contributed by atoms with Gasteiger partial charge in [0.1, 0.15) is 0 Å². The number of hydrogen-bond donors (Lipinski definition) is 0. The Morgan fingerprint density at radius 1 is 0.761 bits per heavy atom. The molecule has 2 aromatic rings. The monoisotopic (exact) mass is 642 g/mol. The molecule has 0 bridgehead atoms. The van der Waals surface area contributed by atoms with Crippen molar-refractivity contribution < 1.29 is 38.1 Å². The van der Waals surface area contributed by atoms with Crippen LogP contribution in [0, 0.1) is 11.3 Å². The molecule has 2 aromatic carbocycles. The lowest BCUT2D eigenvalue weighted by Gasteiger charge is -2.30.